The number of hydrogen-bond donors (Lipinski definition) is 2. The average molecular weight is 372 g/mol. The summed E-state index contributed by atoms with van der Waals surface area (Å²) in [5, 5.41) is 2.48. The van der Waals surface area contributed by atoms with Crippen molar-refractivity contribution < 1.29 is 13.2 Å². The Bertz CT molecular complexity index is 846. The van der Waals surface area contributed by atoms with Crippen molar-refractivity contribution in [2.75, 3.05) is 13.6 Å². The monoisotopic (exact) mass is 372 g/mol. The Morgan fingerprint density at radius 2 is 1.81 bits per heavy atom. The molecule has 6 heteroatoms. The number of aryl methyl sites for hydroxylation is 1. The molecule has 0 saturated heterocycles. The van der Waals surface area contributed by atoms with Crippen LogP contribution in [-0.2, 0) is 21.2 Å². The maximum Gasteiger partial charge on any atom is 0.243 e. The van der Waals surface area contributed by atoms with Crippen LogP contribution in [0.4, 0.5) is 0 Å². The molecule has 2 N–H and O–H groups in total. The van der Waals surface area contributed by atoms with Gasteiger partial charge in [-0.05, 0) is 48.6 Å². The summed E-state index contributed by atoms with van der Waals surface area (Å²) in [6, 6.07) is 16.6. The lowest BCUT2D eigenvalue weighted by Gasteiger charge is -2.07. The predicted octanol–water partition coefficient (Wildman–Crippen LogP) is 2.75. The Morgan fingerprint density at radius 1 is 1.04 bits per heavy atom. The summed E-state index contributed by atoms with van der Waals surface area (Å²) in [6.45, 7) is 0.396. The van der Waals surface area contributed by atoms with E-state index in [0.29, 0.717) is 12.1 Å². The molecule has 5 nitrogen and oxygen atoms in total. The standard InChI is InChI=1S/C20H24N2O3S/c1-21-20(23)14-13-18-11-7-12-19(16-18)26(24,25)22-15-6-5-10-17-8-3-2-4-9-17/h2-4,7-9,11-14,16,22H,5-6,10,15H2,1H3,(H,21,23)/b14-13+. The lowest BCUT2D eigenvalue weighted by molar-refractivity contribution is -0.115. The fraction of sp³-hybridized carbons (Fsp3) is 0.250. The van der Waals surface area contributed by atoms with Gasteiger partial charge in [0.25, 0.3) is 0 Å². The van der Waals surface area contributed by atoms with Crippen molar-refractivity contribution in [3.05, 3.63) is 71.8 Å². The third kappa shape index (κ3) is 6.46. The van der Waals surface area contributed by atoms with Crippen molar-refractivity contribution in [2.24, 2.45) is 0 Å². The van der Waals surface area contributed by atoms with Crippen LogP contribution in [0.15, 0.2) is 65.6 Å². The maximum absolute atomic E-state index is 12.4. The first kappa shape index (κ1) is 19.9. The van der Waals surface area contributed by atoms with Gasteiger partial charge in [-0.3, -0.25) is 4.79 Å². The van der Waals surface area contributed by atoms with Gasteiger partial charge in [-0.2, -0.15) is 0 Å². The third-order valence-corrected chi connectivity index (χ3v) is 5.33. The smallest absolute Gasteiger partial charge is 0.243 e. The first-order chi connectivity index (χ1) is 12.5. The fourth-order valence-corrected chi connectivity index (χ4v) is 3.56. The van der Waals surface area contributed by atoms with E-state index in [9.17, 15) is 13.2 Å². The minimum atomic E-state index is -3.56. The van der Waals surface area contributed by atoms with Crippen LogP contribution in [0.25, 0.3) is 6.08 Å². The van der Waals surface area contributed by atoms with Crippen LogP contribution < -0.4 is 10.0 Å². The van der Waals surface area contributed by atoms with Gasteiger partial charge in [0.15, 0.2) is 0 Å². The van der Waals surface area contributed by atoms with Crippen LogP contribution in [0, 0.1) is 0 Å². The van der Waals surface area contributed by atoms with Crippen molar-refractivity contribution in [2.45, 2.75) is 24.2 Å². The zero-order chi connectivity index (χ0) is 18.8. The number of hydrogen-bond acceptors (Lipinski definition) is 3. The molecule has 1 amide bonds. The van der Waals surface area contributed by atoms with Gasteiger partial charge in [0.2, 0.25) is 15.9 Å². The van der Waals surface area contributed by atoms with Crippen molar-refractivity contribution in [3.8, 4) is 0 Å². The summed E-state index contributed by atoms with van der Waals surface area (Å²) >= 11 is 0. The van der Waals surface area contributed by atoms with E-state index in [1.807, 2.05) is 18.2 Å². The van der Waals surface area contributed by atoms with E-state index in [0.717, 1.165) is 19.3 Å². The summed E-state index contributed by atoms with van der Waals surface area (Å²) in [6.07, 6.45) is 5.56. The molecule has 0 bridgehead atoms. The minimum absolute atomic E-state index is 0.194. The lowest BCUT2D eigenvalue weighted by Crippen LogP contribution is -2.24. The van der Waals surface area contributed by atoms with Crippen LogP contribution in [0.5, 0.6) is 0 Å². The highest BCUT2D eigenvalue weighted by atomic mass is 32.2. The van der Waals surface area contributed by atoms with Gasteiger partial charge in [-0.15, -0.1) is 0 Å². The molecular weight excluding hydrogens is 348 g/mol. The molecule has 2 rings (SSSR count). The zero-order valence-electron chi connectivity index (χ0n) is 14.8. The topological polar surface area (TPSA) is 75.3 Å². The summed E-state index contributed by atoms with van der Waals surface area (Å²) in [4.78, 5) is 11.4. The van der Waals surface area contributed by atoms with E-state index in [1.165, 1.54) is 18.7 Å². The molecule has 26 heavy (non-hydrogen) atoms. The van der Waals surface area contributed by atoms with Gasteiger partial charge >= 0.3 is 0 Å². The number of benzene rings is 2. The highest BCUT2D eigenvalue weighted by Crippen LogP contribution is 2.13. The van der Waals surface area contributed by atoms with Crippen molar-refractivity contribution in [1.82, 2.24) is 10.0 Å². The number of carbonyl (C=O) groups is 1. The lowest BCUT2D eigenvalue weighted by atomic mass is 10.1. The number of likely N-dealkylation sites (N-methyl/N-ethyl adjacent to an activating group) is 1. The highest BCUT2D eigenvalue weighted by molar-refractivity contribution is 7.89. The molecule has 0 aliphatic carbocycles. The summed E-state index contributed by atoms with van der Waals surface area (Å²) < 4.78 is 27.4. The first-order valence-corrected chi connectivity index (χ1v) is 10.0. The van der Waals surface area contributed by atoms with E-state index in [-0.39, 0.29) is 10.8 Å². The number of nitrogens with one attached hydrogen (secondary N) is 2. The van der Waals surface area contributed by atoms with Crippen LogP contribution in [-0.4, -0.2) is 27.9 Å². The third-order valence-electron chi connectivity index (χ3n) is 3.87. The van der Waals surface area contributed by atoms with E-state index < -0.39 is 10.0 Å². The quantitative estimate of drug-likeness (QED) is 0.525. The molecule has 0 saturated carbocycles. The first-order valence-electron chi connectivity index (χ1n) is 8.55. The molecule has 0 aliphatic heterocycles. The SMILES string of the molecule is CNC(=O)/C=C/c1cccc(S(=O)(=O)NCCCCc2ccccc2)c1. The van der Waals surface area contributed by atoms with Crippen molar-refractivity contribution >= 4 is 22.0 Å². The molecular formula is C20H24N2O3S. The van der Waals surface area contributed by atoms with E-state index in [4.69, 9.17) is 0 Å². The Kier molecular flexibility index (Phi) is 7.56. The Morgan fingerprint density at radius 3 is 2.54 bits per heavy atom. The number of rotatable bonds is 9. The number of carbonyl (C=O) groups excluding carboxylic acids is 1. The molecule has 0 aliphatic rings. The van der Waals surface area contributed by atoms with Gasteiger partial charge < -0.3 is 5.32 Å². The average Bonchev–Trinajstić information content (AvgIpc) is 2.67. The summed E-state index contributed by atoms with van der Waals surface area (Å²) in [7, 11) is -2.02. The predicted molar refractivity (Wildman–Crippen MR) is 104 cm³/mol. The molecule has 2 aromatic carbocycles. The Balaban J connectivity index is 1.87. The van der Waals surface area contributed by atoms with Crippen LogP contribution in [0.1, 0.15) is 24.0 Å². The number of amides is 1. The molecule has 0 unspecified atom stereocenters. The second-order valence-electron chi connectivity index (χ2n) is 5.86. The second-order valence-corrected chi connectivity index (χ2v) is 7.63. The number of sulfonamides is 1. The van der Waals surface area contributed by atoms with Gasteiger partial charge in [0, 0.05) is 19.7 Å². The van der Waals surface area contributed by atoms with Gasteiger partial charge in [0.05, 0.1) is 4.90 Å². The van der Waals surface area contributed by atoms with E-state index in [2.05, 4.69) is 22.2 Å². The maximum atomic E-state index is 12.4. The molecule has 0 heterocycles. The Labute approximate surface area is 155 Å². The summed E-state index contributed by atoms with van der Waals surface area (Å²) in [5.41, 5.74) is 1.91. The molecule has 0 atom stereocenters. The Hall–Kier alpha value is -2.44. The van der Waals surface area contributed by atoms with E-state index in [1.54, 1.807) is 30.3 Å². The molecule has 138 valence electrons. The summed E-state index contributed by atoms with van der Waals surface area (Å²) in [5.74, 6) is -0.241. The molecule has 0 aromatic heterocycles. The molecule has 2 aromatic rings. The number of unbranched alkanes of at least 4 members (excludes halogenated alkanes) is 1. The largest absolute Gasteiger partial charge is 0.356 e. The second kappa shape index (κ2) is 9.89. The van der Waals surface area contributed by atoms with Gasteiger partial charge in [-0.25, -0.2) is 13.1 Å². The minimum Gasteiger partial charge on any atom is -0.356 e. The molecule has 0 fully saturated rings. The van der Waals surface area contributed by atoms with Gasteiger partial charge in [0.1, 0.15) is 0 Å². The highest BCUT2D eigenvalue weighted by Gasteiger charge is 2.13. The van der Waals surface area contributed by atoms with Crippen molar-refractivity contribution in [1.29, 1.82) is 0 Å². The van der Waals surface area contributed by atoms with Crippen LogP contribution in [0.2, 0.25) is 0 Å². The van der Waals surface area contributed by atoms with Gasteiger partial charge in [-0.1, -0.05) is 42.5 Å². The molecule has 0 spiro atoms. The van der Waals surface area contributed by atoms with E-state index >= 15 is 0 Å². The van der Waals surface area contributed by atoms with Crippen LogP contribution in [0.3, 0.4) is 0 Å². The normalized spacial score (nSPS) is 11.6. The zero-order valence-corrected chi connectivity index (χ0v) is 15.6. The van der Waals surface area contributed by atoms with Crippen molar-refractivity contribution in [3.63, 3.8) is 0 Å². The van der Waals surface area contributed by atoms with Crippen LogP contribution >= 0.6 is 0 Å². The fourth-order valence-electron chi connectivity index (χ4n) is 2.43. The molecule has 0 radical (unpaired) electrons.